The maximum absolute atomic E-state index is 12.8. The number of ether oxygens (including phenoxy) is 2. The largest absolute Gasteiger partial charge is 0.465 e. The number of esters is 1. The molecule has 0 radical (unpaired) electrons. The van der Waals surface area contributed by atoms with E-state index in [9.17, 15) is 9.59 Å². The number of likely N-dealkylation sites (tertiary alicyclic amines) is 1. The summed E-state index contributed by atoms with van der Waals surface area (Å²) in [5.41, 5.74) is -0.756. The molecule has 0 N–H and O–H groups in total. The van der Waals surface area contributed by atoms with Gasteiger partial charge in [-0.05, 0) is 52.9 Å². The molecule has 1 saturated heterocycles. The number of hydrogen-bond acceptors (Lipinski definition) is 7. The first-order valence-electron chi connectivity index (χ1n) is 8.74. The van der Waals surface area contributed by atoms with Gasteiger partial charge in [0, 0.05) is 19.3 Å². The van der Waals surface area contributed by atoms with E-state index in [-0.39, 0.29) is 12.1 Å². The molecular formula is C18H27N3O4S. The molecule has 2 heterocycles. The molecule has 0 aliphatic carbocycles. The van der Waals surface area contributed by atoms with E-state index in [4.69, 9.17) is 9.47 Å². The summed E-state index contributed by atoms with van der Waals surface area (Å²) in [5, 5.41) is 0.612. The molecule has 0 aromatic carbocycles. The fourth-order valence-corrected chi connectivity index (χ4v) is 3.29. The van der Waals surface area contributed by atoms with Gasteiger partial charge in [-0.3, -0.25) is 4.79 Å². The predicted octanol–water partition coefficient (Wildman–Crippen LogP) is 3.03. The van der Waals surface area contributed by atoms with Crippen molar-refractivity contribution >= 4 is 23.8 Å². The molecule has 0 spiro atoms. The van der Waals surface area contributed by atoms with Gasteiger partial charge in [-0.2, -0.15) is 0 Å². The first-order valence-corrected chi connectivity index (χ1v) is 9.97. The summed E-state index contributed by atoms with van der Waals surface area (Å²) in [5.74, 6) is -0.297. The number of carbonyl (C=O) groups excluding carboxylic acids is 2. The molecule has 144 valence electrons. The third-order valence-electron chi connectivity index (χ3n) is 4.24. The molecule has 1 aromatic heterocycles. The Kier molecular flexibility index (Phi) is 6.49. The van der Waals surface area contributed by atoms with Gasteiger partial charge in [0.05, 0.1) is 12.3 Å². The van der Waals surface area contributed by atoms with Crippen LogP contribution in [-0.2, 0) is 19.7 Å². The number of amides is 1. The third-order valence-corrected chi connectivity index (χ3v) is 4.80. The minimum Gasteiger partial charge on any atom is -0.465 e. The summed E-state index contributed by atoms with van der Waals surface area (Å²) in [4.78, 5) is 35.5. The van der Waals surface area contributed by atoms with Gasteiger partial charge >= 0.3 is 12.1 Å². The van der Waals surface area contributed by atoms with E-state index in [0.29, 0.717) is 43.4 Å². The lowest BCUT2D eigenvalue weighted by atomic mass is 9.75. The van der Waals surface area contributed by atoms with Gasteiger partial charge in [0.15, 0.2) is 5.16 Å². The molecule has 1 fully saturated rings. The first kappa shape index (κ1) is 20.5. The van der Waals surface area contributed by atoms with Crippen molar-refractivity contribution in [3.05, 3.63) is 18.0 Å². The quantitative estimate of drug-likeness (QED) is 0.450. The van der Waals surface area contributed by atoms with Gasteiger partial charge in [-0.15, -0.1) is 0 Å². The van der Waals surface area contributed by atoms with Crippen LogP contribution in [0.1, 0.15) is 46.2 Å². The molecule has 1 aliphatic heterocycles. The van der Waals surface area contributed by atoms with Crippen molar-refractivity contribution < 1.29 is 19.1 Å². The Balaban J connectivity index is 2.23. The normalized spacial score (nSPS) is 16.9. The number of nitrogens with zero attached hydrogens (tertiary/aromatic N) is 3. The van der Waals surface area contributed by atoms with Crippen molar-refractivity contribution in [1.82, 2.24) is 14.9 Å². The minimum atomic E-state index is -0.859. The van der Waals surface area contributed by atoms with E-state index < -0.39 is 11.0 Å². The Morgan fingerprint density at radius 1 is 1.31 bits per heavy atom. The van der Waals surface area contributed by atoms with E-state index in [1.165, 1.54) is 11.8 Å². The fraction of sp³-hybridized carbons (Fsp3) is 0.667. The van der Waals surface area contributed by atoms with Gasteiger partial charge in [0.2, 0.25) is 0 Å². The van der Waals surface area contributed by atoms with Gasteiger partial charge in [0.25, 0.3) is 0 Å². The van der Waals surface area contributed by atoms with Gasteiger partial charge in [0.1, 0.15) is 11.0 Å². The molecule has 26 heavy (non-hydrogen) atoms. The molecule has 1 aromatic rings. The van der Waals surface area contributed by atoms with Gasteiger partial charge < -0.3 is 14.4 Å². The maximum Gasteiger partial charge on any atom is 0.410 e. The zero-order chi connectivity index (χ0) is 19.4. The second-order valence-corrected chi connectivity index (χ2v) is 7.97. The Morgan fingerprint density at radius 2 is 1.96 bits per heavy atom. The average molecular weight is 381 g/mol. The summed E-state index contributed by atoms with van der Waals surface area (Å²) >= 11 is 1.42. The smallest absolute Gasteiger partial charge is 0.410 e. The monoisotopic (exact) mass is 381 g/mol. The van der Waals surface area contributed by atoms with Crippen LogP contribution in [0.2, 0.25) is 0 Å². The summed E-state index contributed by atoms with van der Waals surface area (Å²) < 4.78 is 10.8. The standard InChI is InChI=1S/C18H27N3O4S/c1-6-24-14(22)18(13-7-10-19-15(20-13)26-5)8-11-21(12-9-18)16(23)25-17(2,3)4/h7,10H,6,8-9,11-12H2,1-5H3. The molecule has 0 saturated carbocycles. The zero-order valence-electron chi connectivity index (χ0n) is 16.1. The van der Waals surface area contributed by atoms with Crippen molar-refractivity contribution in [3.8, 4) is 0 Å². The number of rotatable bonds is 4. The van der Waals surface area contributed by atoms with Crippen molar-refractivity contribution in [2.45, 2.75) is 56.7 Å². The zero-order valence-corrected chi connectivity index (χ0v) is 16.9. The molecule has 0 unspecified atom stereocenters. The van der Waals surface area contributed by atoms with Gasteiger partial charge in [-0.1, -0.05) is 11.8 Å². The minimum absolute atomic E-state index is 0.297. The van der Waals surface area contributed by atoms with Crippen LogP contribution >= 0.6 is 11.8 Å². The molecule has 0 atom stereocenters. The van der Waals surface area contributed by atoms with E-state index in [0.717, 1.165) is 0 Å². The average Bonchev–Trinajstić information content (AvgIpc) is 2.60. The third kappa shape index (κ3) is 4.66. The first-order chi connectivity index (χ1) is 12.2. The lowest BCUT2D eigenvalue weighted by molar-refractivity contribution is -0.152. The van der Waals surface area contributed by atoms with Crippen molar-refractivity contribution in [3.63, 3.8) is 0 Å². The van der Waals surface area contributed by atoms with Crippen molar-refractivity contribution in [1.29, 1.82) is 0 Å². The number of aromatic nitrogens is 2. The van der Waals surface area contributed by atoms with Crippen LogP contribution in [0, 0.1) is 0 Å². The highest BCUT2D eigenvalue weighted by Gasteiger charge is 2.47. The van der Waals surface area contributed by atoms with Crippen LogP contribution in [0.15, 0.2) is 17.4 Å². The number of hydrogen-bond donors (Lipinski definition) is 0. The number of thioether (sulfide) groups is 1. The Labute approximate surface area is 158 Å². The van der Waals surface area contributed by atoms with Crippen LogP contribution in [0.5, 0.6) is 0 Å². The predicted molar refractivity (Wildman–Crippen MR) is 99.2 cm³/mol. The van der Waals surface area contributed by atoms with E-state index in [1.807, 2.05) is 27.0 Å². The topological polar surface area (TPSA) is 81.6 Å². The lowest BCUT2D eigenvalue weighted by Gasteiger charge is -2.39. The van der Waals surface area contributed by atoms with Crippen LogP contribution in [0.4, 0.5) is 4.79 Å². The van der Waals surface area contributed by atoms with E-state index in [1.54, 1.807) is 24.1 Å². The van der Waals surface area contributed by atoms with Crippen LogP contribution < -0.4 is 0 Å². The summed E-state index contributed by atoms with van der Waals surface area (Å²) in [6.07, 6.45) is 4.07. The Morgan fingerprint density at radius 3 is 2.50 bits per heavy atom. The van der Waals surface area contributed by atoms with Crippen LogP contribution in [-0.4, -0.2) is 58.5 Å². The van der Waals surface area contributed by atoms with Gasteiger partial charge in [-0.25, -0.2) is 14.8 Å². The summed E-state index contributed by atoms with van der Waals surface area (Å²) in [7, 11) is 0. The number of carbonyl (C=O) groups is 2. The SMILES string of the molecule is CCOC(=O)C1(c2ccnc(SC)n2)CCN(C(=O)OC(C)(C)C)CC1. The molecule has 0 bridgehead atoms. The second-order valence-electron chi connectivity index (χ2n) is 7.20. The Bertz CT molecular complexity index is 652. The summed E-state index contributed by atoms with van der Waals surface area (Å²) in [6.45, 7) is 8.41. The van der Waals surface area contributed by atoms with E-state index in [2.05, 4.69) is 9.97 Å². The highest BCUT2D eigenvalue weighted by molar-refractivity contribution is 7.98. The lowest BCUT2D eigenvalue weighted by Crippen LogP contribution is -2.51. The number of piperidine rings is 1. The molecule has 7 nitrogen and oxygen atoms in total. The molecule has 2 rings (SSSR count). The molecule has 1 amide bonds. The highest BCUT2D eigenvalue weighted by Crippen LogP contribution is 2.36. The highest BCUT2D eigenvalue weighted by atomic mass is 32.2. The molecule has 1 aliphatic rings. The molecular weight excluding hydrogens is 354 g/mol. The van der Waals surface area contributed by atoms with Crippen molar-refractivity contribution in [2.75, 3.05) is 26.0 Å². The second kappa shape index (κ2) is 8.24. The molecule has 8 heteroatoms. The van der Waals surface area contributed by atoms with Crippen LogP contribution in [0.25, 0.3) is 0 Å². The fourth-order valence-electron chi connectivity index (χ4n) is 2.94. The maximum atomic E-state index is 12.8. The van der Waals surface area contributed by atoms with E-state index >= 15 is 0 Å². The van der Waals surface area contributed by atoms with Crippen LogP contribution in [0.3, 0.4) is 0 Å². The van der Waals surface area contributed by atoms with Crippen molar-refractivity contribution in [2.24, 2.45) is 0 Å². The summed E-state index contributed by atoms with van der Waals surface area (Å²) in [6, 6.07) is 1.76. The Hall–Kier alpha value is -1.83.